The van der Waals surface area contributed by atoms with E-state index in [2.05, 4.69) is 10.6 Å². The van der Waals surface area contributed by atoms with Gasteiger partial charge in [-0.25, -0.2) is 0 Å². The van der Waals surface area contributed by atoms with Crippen LogP contribution in [0.5, 0.6) is 0 Å². The van der Waals surface area contributed by atoms with Gasteiger partial charge in [-0.15, -0.1) is 0 Å². The molecule has 0 unspecified atom stereocenters. The van der Waals surface area contributed by atoms with E-state index in [0.717, 1.165) is 37.8 Å². The fourth-order valence-corrected chi connectivity index (χ4v) is 2.60. The van der Waals surface area contributed by atoms with Gasteiger partial charge in [0.25, 0.3) is 0 Å². The third kappa shape index (κ3) is 5.31. The van der Waals surface area contributed by atoms with Crippen molar-refractivity contribution in [2.45, 2.75) is 38.3 Å². The largest absolute Gasteiger partial charge is 0.393 e. The summed E-state index contributed by atoms with van der Waals surface area (Å²) in [6, 6.07) is 9.91. The summed E-state index contributed by atoms with van der Waals surface area (Å²) >= 11 is 0. The monoisotopic (exact) mass is 276 g/mol. The number of rotatable bonds is 6. The first-order valence-corrected chi connectivity index (χ1v) is 7.43. The third-order valence-electron chi connectivity index (χ3n) is 3.87. The predicted molar refractivity (Wildman–Crippen MR) is 79.1 cm³/mol. The van der Waals surface area contributed by atoms with Gasteiger partial charge in [0.15, 0.2) is 0 Å². The highest BCUT2D eigenvalue weighted by Gasteiger charge is 2.18. The maximum absolute atomic E-state index is 11.7. The predicted octanol–water partition coefficient (Wildman–Crippen LogP) is 1.44. The van der Waals surface area contributed by atoms with Gasteiger partial charge in [0.1, 0.15) is 0 Å². The Labute approximate surface area is 120 Å². The lowest BCUT2D eigenvalue weighted by Crippen LogP contribution is -2.36. The van der Waals surface area contributed by atoms with E-state index in [1.165, 1.54) is 0 Å². The van der Waals surface area contributed by atoms with Gasteiger partial charge in [-0.05, 0) is 43.7 Å². The van der Waals surface area contributed by atoms with Crippen molar-refractivity contribution in [3.63, 3.8) is 0 Å². The summed E-state index contributed by atoms with van der Waals surface area (Å²) in [5, 5.41) is 15.5. The van der Waals surface area contributed by atoms with Gasteiger partial charge in [0.05, 0.1) is 12.6 Å². The zero-order valence-corrected chi connectivity index (χ0v) is 11.8. The van der Waals surface area contributed by atoms with E-state index < -0.39 is 0 Å². The second-order valence-electron chi connectivity index (χ2n) is 5.57. The van der Waals surface area contributed by atoms with Crippen LogP contribution in [0.3, 0.4) is 0 Å². The summed E-state index contributed by atoms with van der Waals surface area (Å²) in [5.41, 5.74) is 1.11. The molecule has 4 heteroatoms. The maximum atomic E-state index is 11.7. The summed E-state index contributed by atoms with van der Waals surface area (Å²) in [5.74, 6) is 0.630. The molecule has 1 aliphatic rings. The Hall–Kier alpha value is -1.39. The molecule has 3 N–H and O–H groups in total. The highest BCUT2D eigenvalue weighted by atomic mass is 16.3. The van der Waals surface area contributed by atoms with Crippen LogP contribution in [0, 0.1) is 5.92 Å². The van der Waals surface area contributed by atoms with E-state index in [9.17, 15) is 9.90 Å². The molecule has 0 heterocycles. The first-order valence-electron chi connectivity index (χ1n) is 7.43. The van der Waals surface area contributed by atoms with Crippen LogP contribution in [0.25, 0.3) is 0 Å². The molecular weight excluding hydrogens is 252 g/mol. The quantitative estimate of drug-likeness (QED) is 0.737. The zero-order valence-electron chi connectivity index (χ0n) is 11.8. The van der Waals surface area contributed by atoms with E-state index in [-0.39, 0.29) is 12.0 Å². The van der Waals surface area contributed by atoms with Crippen molar-refractivity contribution in [1.29, 1.82) is 0 Å². The molecular formula is C16H24N2O2. The van der Waals surface area contributed by atoms with Crippen molar-refractivity contribution in [3.05, 3.63) is 35.9 Å². The minimum Gasteiger partial charge on any atom is -0.393 e. The average Bonchev–Trinajstić information content (AvgIpc) is 2.48. The van der Waals surface area contributed by atoms with Crippen LogP contribution in [-0.2, 0) is 11.3 Å². The molecule has 1 saturated carbocycles. The lowest BCUT2D eigenvalue weighted by molar-refractivity contribution is -0.120. The fourth-order valence-electron chi connectivity index (χ4n) is 2.60. The standard InChI is InChI=1S/C16H24N2O2/c19-15-8-6-14(7-9-15)10-17-12-16(20)18-11-13-4-2-1-3-5-13/h1-5,14-15,17,19H,6-12H2,(H,18,20). The van der Waals surface area contributed by atoms with Gasteiger partial charge in [0.2, 0.25) is 5.91 Å². The molecule has 1 amide bonds. The Morgan fingerprint density at radius 2 is 1.85 bits per heavy atom. The number of carbonyl (C=O) groups excluding carboxylic acids is 1. The Bertz CT molecular complexity index is 400. The summed E-state index contributed by atoms with van der Waals surface area (Å²) in [7, 11) is 0. The van der Waals surface area contributed by atoms with Crippen LogP contribution in [0.15, 0.2) is 30.3 Å². The highest BCUT2D eigenvalue weighted by Crippen LogP contribution is 2.23. The zero-order chi connectivity index (χ0) is 14.2. The summed E-state index contributed by atoms with van der Waals surface area (Å²) in [4.78, 5) is 11.7. The van der Waals surface area contributed by atoms with E-state index in [1.54, 1.807) is 0 Å². The van der Waals surface area contributed by atoms with Crippen LogP contribution in [-0.4, -0.2) is 30.2 Å². The van der Waals surface area contributed by atoms with Crippen molar-refractivity contribution in [2.75, 3.05) is 13.1 Å². The molecule has 0 radical (unpaired) electrons. The van der Waals surface area contributed by atoms with Crippen molar-refractivity contribution in [3.8, 4) is 0 Å². The third-order valence-corrected chi connectivity index (χ3v) is 3.87. The molecule has 0 saturated heterocycles. The van der Waals surface area contributed by atoms with Gasteiger partial charge in [-0.1, -0.05) is 30.3 Å². The smallest absolute Gasteiger partial charge is 0.234 e. The molecule has 110 valence electrons. The van der Waals surface area contributed by atoms with Crippen molar-refractivity contribution in [1.82, 2.24) is 10.6 Å². The van der Waals surface area contributed by atoms with E-state index in [0.29, 0.717) is 19.0 Å². The molecule has 0 aliphatic heterocycles. The van der Waals surface area contributed by atoms with E-state index >= 15 is 0 Å². The Morgan fingerprint density at radius 1 is 1.15 bits per heavy atom. The molecule has 0 bridgehead atoms. The number of amides is 1. The molecule has 2 rings (SSSR count). The normalized spacial score (nSPS) is 22.4. The molecule has 0 atom stereocenters. The van der Waals surface area contributed by atoms with Crippen LogP contribution < -0.4 is 10.6 Å². The Balaban J connectivity index is 1.56. The molecule has 1 fully saturated rings. The number of carbonyl (C=O) groups is 1. The first kappa shape index (κ1) is 15.0. The number of hydrogen-bond acceptors (Lipinski definition) is 3. The molecule has 4 nitrogen and oxygen atoms in total. The fraction of sp³-hybridized carbons (Fsp3) is 0.562. The van der Waals surface area contributed by atoms with Gasteiger partial charge in [0, 0.05) is 6.54 Å². The molecule has 0 spiro atoms. The number of nitrogens with one attached hydrogen (secondary N) is 2. The molecule has 1 aromatic carbocycles. The van der Waals surface area contributed by atoms with Gasteiger partial charge < -0.3 is 15.7 Å². The number of benzene rings is 1. The Kier molecular flexibility index (Phi) is 6.02. The molecule has 1 aromatic rings. The molecule has 0 aromatic heterocycles. The second kappa shape index (κ2) is 8.02. The minimum absolute atomic E-state index is 0.0321. The lowest BCUT2D eigenvalue weighted by atomic mass is 9.87. The number of aliphatic hydroxyl groups excluding tert-OH is 1. The lowest BCUT2D eigenvalue weighted by Gasteiger charge is -2.25. The molecule has 1 aliphatic carbocycles. The summed E-state index contributed by atoms with van der Waals surface area (Å²) < 4.78 is 0. The Morgan fingerprint density at radius 3 is 2.55 bits per heavy atom. The van der Waals surface area contributed by atoms with Gasteiger partial charge in [-0.2, -0.15) is 0 Å². The maximum Gasteiger partial charge on any atom is 0.234 e. The second-order valence-corrected chi connectivity index (χ2v) is 5.57. The highest BCUT2D eigenvalue weighted by molar-refractivity contribution is 5.77. The number of aliphatic hydroxyl groups is 1. The van der Waals surface area contributed by atoms with Crippen LogP contribution in [0.1, 0.15) is 31.2 Å². The van der Waals surface area contributed by atoms with Gasteiger partial charge in [-0.3, -0.25) is 4.79 Å². The van der Waals surface area contributed by atoms with Crippen LogP contribution in [0.4, 0.5) is 0 Å². The summed E-state index contributed by atoms with van der Waals surface area (Å²) in [6.07, 6.45) is 3.79. The van der Waals surface area contributed by atoms with Crippen molar-refractivity contribution in [2.24, 2.45) is 5.92 Å². The van der Waals surface area contributed by atoms with Crippen LogP contribution >= 0.6 is 0 Å². The summed E-state index contributed by atoms with van der Waals surface area (Å²) in [6.45, 7) is 1.81. The molecule has 20 heavy (non-hydrogen) atoms. The van der Waals surface area contributed by atoms with Crippen molar-refractivity contribution >= 4 is 5.91 Å². The first-order chi connectivity index (χ1) is 9.74. The van der Waals surface area contributed by atoms with E-state index in [4.69, 9.17) is 0 Å². The number of hydrogen-bond donors (Lipinski definition) is 3. The van der Waals surface area contributed by atoms with Gasteiger partial charge >= 0.3 is 0 Å². The minimum atomic E-state index is -0.111. The average molecular weight is 276 g/mol. The van der Waals surface area contributed by atoms with Crippen molar-refractivity contribution < 1.29 is 9.90 Å². The van der Waals surface area contributed by atoms with Crippen LogP contribution in [0.2, 0.25) is 0 Å². The van der Waals surface area contributed by atoms with E-state index in [1.807, 2.05) is 30.3 Å². The topological polar surface area (TPSA) is 61.4 Å². The SMILES string of the molecule is O=C(CNCC1CCC(O)CC1)NCc1ccccc1.